The molecular formula is C16H19N3O. The Morgan fingerprint density at radius 3 is 2.90 bits per heavy atom. The largest absolute Gasteiger partial charge is 0.322 e. The Kier molecular flexibility index (Phi) is 3.30. The van der Waals surface area contributed by atoms with Crippen molar-refractivity contribution in [2.45, 2.75) is 39.0 Å². The van der Waals surface area contributed by atoms with Crippen LogP contribution in [0.2, 0.25) is 0 Å². The number of aromatic nitrogens is 2. The van der Waals surface area contributed by atoms with E-state index in [1.807, 2.05) is 26.0 Å². The monoisotopic (exact) mass is 269 g/mol. The zero-order chi connectivity index (χ0) is 14.1. The zero-order valence-electron chi connectivity index (χ0n) is 11.9. The molecule has 2 aromatic rings. The van der Waals surface area contributed by atoms with E-state index in [9.17, 15) is 4.79 Å². The minimum absolute atomic E-state index is 0.0475. The Bertz CT molecular complexity index is 625. The molecule has 1 aromatic heterocycles. The molecular weight excluding hydrogens is 250 g/mol. The van der Waals surface area contributed by atoms with Crippen molar-refractivity contribution in [3.8, 4) is 0 Å². The molecule has 0 spiro atoms. The minimum Gasteiger partial charge on any atom is -0.322 e. The summed E-state index contributed by atoms with van der Waals surface area (Å²) in [6.45, 7) is 3.82. The van der Waals surface area contributed by atoms with Crippen LogP contribution in [-0.2, 0) is 11.2 Å². The van der Waals surface area contributed by atoms with Gasteiger partial charge in [0.05, 0.1) is 23.0 Å². The summed E-state index contributed by atoms with van der Waals surface area (Å²) in [6.07, 6.45) is 3.06. The highest BCUT2D eigenvalue weighted by molar-refractivity contribution is 5.97. The molecule has 0 fully saturated rings. The van der Waals surface area contributed by atoms with Crippen LogP contribution in [0.4, 0.5) is 5.69 Å². The maximum Gasteiger partial charge on any atom is 0.232 e. The number of benzene rings is 1. The number of hydrogen-bond acceptors (Lipinski definition) is 2. The fourth-order valence-corrected chi connectivity index (χ4v) is 2.97. The molecule has 4 heteroatoms. The number of aromatic amines is 1. The quantitative estimate of drug-likeness (QED) is 0.880. The third-order valence-electron chi connectivity index (χ3n) is 4.06. The molecule has 1 aliphatic carbocycles. The summed E-state index contributed by atoms with van der Waals surface area (Å²) in [4.78, 5) is 12.6. The number of hydrogen-bond donors (Lipinski definition) is 2. The third kappa shape index (κ3) is 2.22. The highest BCUT2D eigenvalue weighted by Gasteiger charge is 2.27. The van der Waals surface area contributed by atoms with E-state index >= 15 is 0 Å². The number of carbonyl (C=O) groups excluding carboxylic acids is 1. The molecule has 1 unspecified atom stereocenters. The van der Waals surface area contributed by atoms with Crippen LogP contribution in [0.1, 0.15) is 41.3 Å². The summed E-state index contributed by atoms with van der Waals surface area (Å²) in [5, 5.41) is 10.1. The second-order valence-corrected chi connectivity index (χ2v) is 5.44. The summed E-state index contributed by atoms with van der Waals surface area (Å²) in [5.41, 5.74) is 5.03. The van der Waals surface area contributed by atoms with Crippen molar-refractivity contribution in [2.24, 2.45) is 0 Å². The summed E-state index contributed by atoms with van der Waals surface area (Å²) >= 11 is 0. The van der Waals surface area contributed by atoms with Crippen LogP contribution < -0.4 is 5.32 Å². The molecule has 4 nitrogen and oxygen atoms in total. The van der Waals surface area contributed by atoms with Crippen molar-refractivity contribution in [1.29, 1.82) is 0 Å². The van der Waals surface area contributed by atoms with Crippen molar-refractivity contribution in [3.63, 3.8) is 0 Å². The average molecular weight is 269 g/mol. The fourth-order valence-electron chi connectivity index (χ4n) is 2.97. The molecule has 20 heavy (non-hydrogen) atoms. The number of nitrogens with zero attached hydrogens (tertiary/aromatic N) is 1. The topological polar surface area (TPSA) is 57.8 Å². The van der Waals surface area contributed by atoms with Crippen LogP contribution in [0.25, 0.3) is 0 Å². The Hall–Kier alpha value is -2.10. The Labute approximate surface area is 118 Å². The predicted octanol–water partition coefficient (Wildman–Crippen LogP) is 3.09. The van der Waals surface area contributed by atoms with Gasteiger partial charge in [-0.2, -0.15) is 5.10 Å². The van der Waals surface area contributed by atoms with Gasteiger partial charge in [0.2, 0.25) is 5.91 Å². The molecule has 104 valence electrons. The van der Waals surface area contributed by atoms with E-state index in [-0.39, 0.29) is 11.8 Å². The molecule has 0 radical (unpaired) electrons. The van der Waals surface area contributed by atoms with E-state index in [2.05, 4.69) is 27.6 Å². The van der Waals surface area contributed by atoms with Gasteiger partial charge in [-0.1, -0.05) is 24.3 Å². The molecule has 1 amide bonds. The van der Waals surface area contributed by atoms with Crippen molar-refractivity contribution in [1.82, 2.24) is 10.2 Å². The van der Waals surface area contributed by atoms with Crippen molar-refractivity contribution in [2.75, 3.05) is 5.32 Å². The maximum absolute atomic E-state index is 12.6. The van der Waals surface area contributed by atoms with E-state index < -0.39 is 0 Å². The van der Waals surface area contributed by atoms with E-state index in [1.165, 1.54) is 11.1 Å². The second kappa shape index (κ2) is 5.12. The molecule has 0 aliphatic heterocycles. The number of amides is 1. The molecule has 1 aliphatic rings. The smallest absolute Gasteiger partial charge is 0.232 e. The van der Waals surface area contributed by atoms with Crippen LogP contribution in [0.5, 0.6) is 0 Å². The number of aryl methyl sites for hydroxylation is 3. The van der Waals surface area contributed by atoms with Crippen molar-refractivity contribution in [3.05, 3.63) is 46.8 Å². The van der Waals surface area contributed by atoms with Gasteiger partial charge in [-0.15, -0.1) is 0 Å². The van der Waals surface area contributed by atoms with Crippen LogP contribution >= 0.6 is 0 Å². The van der Waals surface area contributed by atoms with Gasteiger partial charge in [0, 0.05) is 0 Å². The van der Waals surface area contributed by atoms with Crippen molar-refractivity contribution < 1.29 is 4.79 Å². The van der Waals surface area contributed by atoms with Gasteiger partial charge < -0.3 is 5.32 Å². The number of carbonyl (C=O) groups is 1. The first-order valence-electron chi connectivity index (χ1n) is 7.07. The fraction of sp³-hybridized carbons (Fsp3) is 0.375. The summed E-state index contributed by atoms with van der Waals surface area (Å²) in [6, 6.07) is 8.26. The predicted molar refractivity (Wildman–Crippen MR) is 78.8 cm³/mol. The Morgan fingerprint density at radius 2 is 2.15 bits per heavy atom. The first-order valence-corrected chi connectivity index (χ1v) is 7.07. The lowest BCUT2D eigenvalue weighted by Gasteiger charge is -2.24. The van der Waals surface area contributed by atoms with Crippen LogP contribution in [0.3, 0.4) is 0 Å². The molecule has 3 rings (SSSR count). The zero-order valence-corrected chi connectivity index (χ0v) is 11.9. The van der Waals surface area contributed by atoms with Gasteiger partial charge in [-0.25, -0.2) is 0 Å². The number of anilines is 1. The summed E-state index contributed by atoms with van der Waals surface area (Å²) < 4.78 is 0. The van der Waals surface area contributed by atoms with Crippen LogP contribution in [0.15, 0.2) is 24.3 Å². The number of rotatable bonds is 2. The highest BCUT2D eigenvalue weighted by Crippen LogP contribution is 2.32. The highest BCUT2D eigenvalue weighted by atomic mass is 16.1. The van der Waals surface area contributed by atoms with Gasteiger partial charge in [0.25, 0.3) is 0 Å². The molecule has 1 atom stereocenters. The number of fused-ring (bicyclic) bond motifs is 1. The maximum atomic E-state index is 12.6. The van der Waals surface area contributed by atoms with Crippen molar-refractivity contribution >= 4 is 11.6 Å². The van der Waals surface area contributed by atoms with Crippen LogP contribution in [-0.4, -0.2) is 16.1 Å². The normalized spacial score (nSPS) is 17.6. The van der Waals surface area contributed by atoms with Gasteiger partial charge in [-0.3, -0.25) is 9.89 Å². The first kappa shape index (κ1) is 12.9. The molecule has 1 heterocycles. The first-order chi connectivity index (χ1) is 9.66. The Morgan fingerprint density at radius 1 is 1.35 bits per heavy atom. The lowest BCUT2D eigenvalue weighted by molar-refractivity contribution is -0.117. The van der Waals surface area contributed by atoms with E-state index in [0.29, 0.717) is 0 Å². The van der Waals surface area contributed by atoms with E-state index in [0.717, 1.165) is 36.3 Å². The van der Waals surface area contributed by atoms with E-state index in [4.69, 9.17) is 0 Å². The SMILES string of the molecule is Cc1n[nH]c(C)c1NC(=O)C1CCCc2ccccc21. The van der Waals surface area contributed by atoms with Gasteiger partial charge >= 0.3 is 0 Å². The summed E-state index contributed by atoms with van der Waals surface area (Å²) in [5.74, 6) is 0.0263. The standard InChI is InChI=1S/C16H19N3O/c1-10-15(11(2)19-18-10)17-16(20)14-9-5-7-12-6-3-4-8-13(12)14/h3-4,6,8,14H,5,7,9H2,1-2H3,(H,17,20)(H,18,19). The molecule has 2 N–H and O–H groups in total. The molecule has 0 saturated heterocycles. The molecule has 1 aromatic carbocycles. The van der Waals surface area contributed by atoms with E-state index in [1.54, 1.807) is 0 Å². The van der Waals surface area contributed by atoms with Gasteiger partial charge in [-0.05, 0) is 44.2 Å². The lowest BCUT2D eigenvalue weighted by atomic mass is 9.82. The minimum atomic E-state index is -0.0475. The number of H-pyrrole nitrogens is 1. The second-order valence-electron chi connectivity index (χ2n) is 5.44. The molecule has 0 saturated carbocycles. The Balaban J connectivity index is 1.86. The molecule has 0 bridgehead atoms. The third-order valence-corrected chi connectivity index (χ3v) is 4.06. The van der Waals surface area contributed by atoms with Gasteiger partial charge in [0.1, 0.15) is 0 Å². The average Bonchev–Trinajstić information content (AvgIpc) is 2.78. The summed E-state index contributed by atoms with van der Waals surface area (Å²) in [7, 11) is 0. The number of nitrogens with one attached hydrogen (secondary N) is 2. The lowest BCUT2D eigenvalue weighted by Crippen LogP contribution is -2.25. The van der Waals surface area contributed by atoms with Crippen LogP contribution in [0, 0.1) is 13.8 Å². The van der Waals surface area contributed by atoms with Gasteiger partial charge in [0.15, 0.2) is 0 Å².